The van der Waals surface area contributed by atoms with E-state index in [1.54, 1.807) is 29.1 Å². The third-order valence-electron chi connectivity index (χ3n) is 5.06. The standard InChI is InChI=1S/C18H27N5O3/c1-3-26-18(25)23-10-8-22(9-11-23)17(24)15-12-20-16(13-19-15)21-6-4-14(2)5-7-21/h12-14H,3-11H2,1-2H3. The van der Waals surface area contributed by atoms with E-state index in [0.717, 1.165) is 37.7 Å². The first-order chi connectivity index (χ1) is 12.6. The molecule has 2 fully saturated rings. The zero-order chi connectivity index (χ0) is 18.5. The van der Waals surface area contributed by atoms with Crippen LogP contribution in [0.25, 0.3) is 0 Å². The van der Waals surface area contributed by atoms with E-state index in [0.29, 0.717) is 38.5 Å². The predicted octanol–water partition coefficient (Wildman–Crippen LogP) is 1.63. The van der Waals surface area contributed by atoms with Crippen LogP contribution in [0.15, 0.2) is 12.4 Å². The number of ether oxygens (including phenoxy) is 1. The number of carbonyl (C=O) groups is 2. The van der Waals surface area contributed by atoms with Crippen molar-refractivity contribution in [3.8, 4) is 0 Å². The summed E-state index contributed by atoms with van der Waals surface area (Å²) in [5, 5.41) is 0. The Hall–Kier alpha value is -2.38. The Balaban J connectivity index is 1.55. The molecule has 0 aromatic carbocycles. The maximum atomic E-state index is 12.6. The first kappa shape index (κ1) is 18.4. The maximum absolute atomic E-state index is 12.6. The fourth-order valence-electron chi connectivity index (χ4n) is 3.30. The second-order valence-electron chi connectivity index (χ2n) is 6.91. The molecule has 0 spiro atoms. The lowest BCUT2D eigenvalue weighted by Gasteiger charge is -2.34. The van der Waals surface area contributed by atoms with Gasteiger partial charge < -0.3 is 19.4 Å². The van der Waals surface area contributed by atoms with Gasteiger partial charge in [-0.05, 0) is 25.7 Å². The number of hydrogen-bond donors (Lipinski definition) is 0. The molecule has 0 atom stereocenters. The quantitative estimate of drug-likeness (QED) is 0.814. The average molecular weight is 361 g/mol. The Kier molecular flexibility index (Phi) is 5.90. The molecule has 2 amide bonds. The number of hydrogen-bond acceptors (Lipinski definition) is 6. The summed E-state index contributed by atoms with van der Waals surface area (Å²) in [7, 11) is 0. The summed E-state index contributed by atoms with van der Waals surface area (Å²) < 4.78 is 5.00. The van der Waals surface area contributed by atoms with E-state index in [-0.39, 0.29) is 12.0 Å². The van der Waals surface area contributed by atoms with E-state index in [9.17, 15) is 9.59 Å². The molecule has 3 rings (SSSR count). The maximum Gasteiger partial charge on any atom is 0.409 e. The SMILES string of the molecule is CCOC(=O)N1CCN(C(=O)c2cnc(N3CCC(C)CC3)cn2)CC1. The fourth-order valence-corrected chi connectivity index (χ4v) is 3.30. The van der Waals surface area contributed by atoms with E-state index in [1.165, 1.54) is 0 Å². The van der Waals surface area contributed by atoms with Gasteiger partial charge in [-0.2, -0.15) is 0 Å². The molecule has 2 aliphatic rings. The van der Waals surface area contributed by atoms with Gasteiger partial charge in [0.1, 0.15) is 11.5 Å². The fraction of sp³-hybridized carbons (Fsp3) is 0.667. The second-order valence-corrected chi connectivity index (χ2v) is 6.91. The summed E-state index contributed by atoms with van der Waals surface area (Å²) in [5.41, 5.74) is 0.351. The van der Waals surface area contributed by atoms with Crippen molar-refractivity contribution in [1.82, 2.24) is 19.8 Å². The lowest BCUT2D eigenvalue weighted by Crippen LogP contribution is -2.50. The van der Waals surface area contributed by atoms with Crippen molar-refractivity contribution in [2.24, 2.45) is 5.92 Å². The van der Waals surface area contributed by atoms with Crippen LogP contribution in [0.3, 0.4) is 0 Å². The Morgan fingerprint density at radius 3 is 2.27 bits per heavy atom. The largest absolute Gasteiger partial charge is 0.450 e. The van der Waals surface area contributed by atoms with Crippen molar-refractivity contribution in [2.75, 3.05) is 50.8 Å². The molecule has 1 aromatic rings. The van der Waals surface area contributed by atoms with E-state index < -0.39 is 0 Å². The minimum atomic E-state index is -0.320. The molecule has 8 heteroatoms. The molecule has 0 aliphatic carbocycles. The second kappa shape index (κ2) is 8.33. The number of carbonyl (C=O) groups excluding carboxylic acids is 2. The van der Waals surface area contributed by atoms with Gasteiger partial charge in [0, 0.05) is 39.3 Å². The highest BCUT2D eigenvalue weighted by molar-refractivity contribution is 5.92. The zero-order valence-electron chi connectivity index (χ0n) is 15.6. The third kappa shape index (κ3) is 4.23. The van der Waals surface area contributed by atoms with Crippen molar-refractivity contribution in [2.45, 2.75) is 26.7 Å². The number of piperidine rings is 1. The topological polar surface area (TPSA) is 78.9 Å². The predicted molar refractivity (Wildman–Crippen MR) is 97.1 cm³/mol. The van der Waals surface area contributed by atoms with E-state index >= 15 is 0 Å². The van der Waals surface area contributed by atoms with Crippen molar-refractivity contribution in [3.63, 3.8) is 0 Å². The van der Waals surface area contributed by atoms with Crippen molar-refractivity contribution in [1.29, 1.82) is 0 Å². The molecule has 0 N–H and O–H groups in total. The van der Waals surface area contributed by atoms with Crippen LogP contribution in [0.1, 0.15) is 37.2 Å². The molecular weight excluding hydrogens is 334 g/mol. The van der Waals surface area contributed by atoms with Gasteiger partial charge in [0.25, 0.3) is 5.91 Å². The monoisotopic (exact) mass is 361 g/mol. The van der Waals surface area contributed by atoms with Gasteiger partial charge in [-0.1, -0.05) is 6.92 Å². The van der Waals surface area contributed by atoms with Gasteiger partial charge in [-0.3, -0.25) is 4.79 Å². The van der Waals surface area contributed by atoms with Crippen LogP contribution in [0.4, 0.5) is 10.6 Å². The molecule has 26 heavy (non-hydrogen) atoms. The highest BCUT2D eigenvalue weighted by atomic mass is 16.6. The molecule has 0 bridgehead atoms. The smallest absolute Gasteiger partial charge is 0.409 e. The van der Waals surface area contributed by atoms with Crippen LogP contribution in [0, 0.1) is 5.92 Å². The Bertz CT molecular complexity index is 620. The number of rotatable bonds is 3. The highest BCUT2D eigenvalue weighted by Gasteiger charge is 2.26. The summed E-state index contributed by atoms with van der Waals surface area (Å²) >= 11 is 0. The lowest BCUT2D eigenvalue weighted by atomic mass is 9.99. The van der Waals surface area contributed by atoms with Gasteiger partial charge >= 0.3 is 6.09 Å². The molecule has 0 unspecified atom stereocenters. The van der Waals surface area contributed by atoms with Crippen molar-refractivity contribution < 1.29 is 14.3 Å². The number of piperazine rings is 1. The molecular formula is C18H27N5O3. The number of amides is 2. The number of nitrogens with zero attached hydrogens (tertiary/aromatic N) is 5. The van der Waals surface area contributed by atoms with Crippen LogP contribution >= 0.6 is 0 Å². The van der Waals surface area contributed by atoms with Crippen LogP contribution in [0.5, 0.6) is 0 Å². The normalized spacial score (nSPS) is 18.8. The van der Waals surface area contributed by atoms with Crippen LogP contribution < -0.4 is 4.90 Å². The Morgan fingerprint density at radius 2 is 1.69 bits per heavy atom. The summed E-state index contributed by atoms with van der Waals surface area (Å²) in [6.45, 7) is 8.28. The number of anilines is 1. The Morgan fingerprint density at radius 1 is 1.04 bits per heavy atom. The van der Waals surface area contributed by atoms with Gasteiger partial charge in [-0.25, -0.2) is 14.8 Å². The minimum Gasteiger partial charge on any atom is -0.450 e. The Labute approximate surface area is 154 Å². The molecule has 8 nitrogen and oxygen atoms in total. The van der Waals surface area contributed by atoms with Crippen LogP contribution in [0.2, 0.25) is 0 Å². The molecule has 1 aromatic heterocycles. The summed E-state index contributed by atoms with van der Waals surface area (Å²) in [4.78, 5) is 38.7. The van der Waals surface area contributed by atoms with Crippen molar-refractivity contribution in [3.05, 3.63) is 18.1 Å². The highest BCUT2D eigenvalue weighted by Crippen LogP contribution is 2.20. The van der Waals surface area contributed by atoms with Gasteiger partial charge in [0.2, 0.25) is 0 Å². The molecule has 2 saturated heterocycles. The first-order valence-electron chi connectivity index (χ1n) is 9.36. The molecule has 0 saturated carbocycles. The van der Waals surface area contributed by atoms with E-state index in [4.69, 9.17) is 4.74 Å². The summed E-state index contributed by atoms with van der Waals surface area (Å²) in [6.07, 6.45) is 5.26. The van der Waals surface area contributed by atoms with Crippen LogP contribution in [-0.2, 0) is 4.74 Å². The van der Waals surface area contributed by atoms with E-state index in [1.807, 2.05) is 0 Å². The van der Waals surface area contributed by atoms with Crippen molar-refractivity contribution >= 4 is 17.8 Å². The molecule has 3 heterocycles. The number of aromatic nitrogens is 2. The molecule has 2 aliphatic heterocycles. The van der Waals surface area contributed by atoms with Gasteiger partial charge in [0.05, 0.1) is 19.0 Å². The minimum absolute atomic E-state index is 0.139. The van der Waals surface area contributed by atoms with E-state index in [2.05, 4.69) is 21.8 Å². The lowest BCUT2D eigenvalue weighted by molar-refractivity contribution is 0.0565. The molecule has 142 valence electrons. The average Bonchev–Trinajstić information content (AvgIpc) is 2.68. The van der Waals surface area contributed by atoms with Crippen LogP contribution in [-0.4, -0.2) is 77.6 Å². The summed E-state index contributed by atoms with van der Waals surface area (Å²) in [6, 6.07) is 0. The third-order valence-corrected chi connectivity index (χ3v) is 5.06. The first-order valence-corrected chi connectivity index (χ1v) is 9.36. The zero-order valence-corrected chi connectivity index (χ0v) is 15.6. The van der Waals surface area contributed by atoms with Gasteiger partial charge in [-0.15, -0.1) is 0 Å². The molecule has 0 radical (unpaired) electrons. The summed E-state index contributed by atoms with van der Waals surface area (Å²) in [5.74, 6) is 1.45. The van der Waals surface area contributed by atoms with Gasteiger partial charge in [0.15, 0.2) is 0 Å².